The Labute approximate surface area is 209 Å². The van der Waals surface area contributed by atoms with Crippen LogP contribution in [-0.4, -0.2) is 46.8 Å². The van der Waals surface area contributed by atoms with Crippen molar-refractivity contribution in [3.05, 3.63) is 87.2 Å². The summed E-state index contributed by atoms with van der Waals surface area (Å²) >= 11 is 6.21. The van der Waals surface area contributed by atoms with Crippen LogP contribution in [0, 0.1) is 0 Å². The Hall–Kier alpha value is -3.00. The Morgan fingerprint density at radius 1 is 1.03 bits per heavy atom. The molecule has 2 aromatic carbocycles. The van der Waals surface area contributed by atoms with Crippen LogP contribution in [0.5, 0.6) is 0 Å². The summed E-state index contributed by atoms with van der Waals surface area (Å²) in [6, 6.07) is 18.9. The first-order valence-corrected chi connectivity index (χ1v) is 12.6. The van der Waals surface area contributed by atoms with Gasteiger partial charge in [-0.15, -0.1) is 0 Å². The standard InChI is InChI=1S/C27H30ClN5O2/c28-21-8-4-7-20(17-21)27(29)11-9-22(10-12-27)33-26(35)23(25(34)32-15-13-30-14-16-32)18-24(31-33)19-5-2-1-3-6-19/h1-8,17-18,22,30H,9-16,29H2/t22-,27+. The smallest absolute Gasteiger partial charge is 0.279 e. The van der Waals surface area contributed by atoms with Gasteiger partial charge in [-0.1, -0.05) is 54.1 Å². The molecule has 2 heterocycles. The lowest BCUT2D eigenvalue weighted by Crippen LogP contribution is -2.48. The largest absolute Gasteiger partial charge is 0.336 e. The molecule has 0 bridgehead atoms. The van der Waals surface area contributed by atoms with Gasteiger partial charge in [0.1, 0.15) is 5.56 Å². The fourth-order valence-electron chi connectivity index (χ4n) is 5.15. The summed E-state index contributed by atoms with van der Waals surface area (Å²) in [7, 11) is 0. The van der Waals surface area contributed by atoms with Crippen molar-refractivity contribution in [1.29, 1.82) is 0 Å². The number of hydrogen-bond acceptors (Lipinski definition) is 5. The number of aromatic nitrogens is 2. The predicted octanol–water partition coefficient (Wildman–Crippen LogP) is 3.58. The lowest BCUT2D eigenvalue weighted by Gasteiger charge is -2.38. The number of amides is 1. The van der Waals surface area contributed by atoms with E-state index in [1.54, 1.807) is 11.0 Å². The molecule has 3 N–H and O–H groups in total. The Morgan fingerprint density at radius 3 is 2.43 bits per heavy atom. The van der Waals surface area contributed by atoms with Crippen molar-refractivity contribution in [2.75, 3.05) is 26.2 Å². The quantitative estimate of drug-likeness (QED) is 0.582. The summed E-state index contributed by atoms with van der Waals surface area (Å²) < 4.78 is 1.54. The van der Waals surface area contributed by atoms with E-state index >= 15 is 0 Å². The monoisotopic (exact) mass is 491 g/mol. The maximum absolute atomic E-state index is 13.6. The minimum Gasteiger partial charge on any atom is -0.336 e. The van der Waals surface area contributed by atoms with Crippen LogP contribution in [-0.2, 0) is 5.54 Å². The highest BCUT2D eigenvalue weighted by Crippen LogP contribution is 2.39. The van der Waals surface area contributed by atoms with E-state index < -0.39 is 5.54 Å². The Bertz CT molecular complexity index is 1260. The number of hydrogen-bond donors (Lipinski definition) is 2. The molecule has 5 rings (SSSR count). The van der Waals surface area contributed by atoms with Crippen LogP contribution in [0.4, 0.5) is 0 Å². The normalized spacial score (nSPS) is 22.7. The number of nitrogens with zero attached hydrogens (tertiary/aromatic N) is 3. The van der Waals surface area contributed by atoms with Crippen molar-refractivity contribution in [2.24, 2.45) is 5.73 Å². The molecule has 2 aliphatic rings. The van der Waals surface area contributed by atoms with Crippen LogP contribution in [0.3, 0.4) is 0 Å². The second-order valence-corrected chi connectivity index (χ2v) is 9.94. The highest BCUT2D eigenvalue weighted by molar-refractivity contribution is 6.30. The first-order valence-electron chi connectivity index (χ1n) is 12.2. The van der Waals surface area contributed by atoms with Gasteiger partial charge in [0.2, 0.25) is 0 Å². The summed E-state index contributed by atoms with van der Waals surface area (Å²) in [5.74, 6) is -0.229. The number of nitrogens with two attached hydrogens (primary N) is 1. The van der Waals surface area contributed by atoms with Crippen molar-refractivity contribution in [2.45, 2.75) is 37.3 Å². The molecule has 0 atom stereocenters. The molecule has 1 saturated heterocycles. The van der Waals surface area contributed by atoms with Crippen LogP contribution >= 0.6 is 11.6 Å². The highest BCUT2D eigenvalue weighted by Gasteiger charge is 2.35. The number of piperazine rings is 1. The zero-order valence-electron chi connectivity index (χ0n) is 19.6. The third kappa shape index (κ3) is 4.89. The zero-order chi connectivity index (χ0) is 24.4. The van der Waals surface area contributed by atoms with Crippen molar-refractivity contribution in [3.63, 3.8) is 0 Å². The van der Waals surface area contributed by atoms with Gasteiger partial charge in [-0.3, -0.25) is 9.59 Å². The van der Waals surface area contributed by atoms with E-state index in [-0.39, 0.29) is 23.1 Å². The molecule has 8 heteroatoms. The number of carbonyl (C=O) groups is 1. The topological polar surface area (TPSA) is 93.2 Å². The summed E-state index contributed by atoms with van der Waals surface area (Å²) in [6.45, 7) is 2.61. The van der Waals surface area contributed by atoms with E-state index in [1.807, 2.05) is 54.6 Å². The summed E-state index contributed by atoms with van der Waals surface area (Å²) in [4.78, 5) is 28.7. The molecule has 1 aliphatic heterocycles. The number of nitrogens with one attached hydrogen (secondary N) is 1. The van der Waals surface area contributed by atoms with E-state index in [0.29, 0.717) is 49.5 Å². The van der Waals surface area contributed by atoms with Crippen molar-refractivity contribution in [1.82, 2.24) is 20.0 Å². The molecule has 1 aliphatic carbocycles. The molecule has 35 heavy (non-hydrogen) atoms. The Morgan fingerprint density at radius 2 is 1.74 bits per heavy atom. The molecule has 0 spiro atoms. The van der Waals surface area contributed by atoms with Gasteiger partial charge in [0.05, 0.1) is 11.7 Å². The lowest BCUT2D eigenvalue weighted by molar-refractivity contribution is 0.0732. The third-order valence-corrected chi connectivity index (χ3v) is 7.47. The number of benzene rings is 2. The average molecular weight is 492 g/mol. The first-order chi connectivity index (χ1) is 16.9. The summed E-state index contributed by atoms with van der Waals surface area (Å²) in [5.41, 5.74) is 8.66. The van der Waals surface area contributed by atoms with Crippen LogP contribution in [0.25, 0.3) is 11.3 Å². The second-order valence-electron chi connectivity index (χ2n) is 9.50. The SMILES string of the molecule is N[C@]1(c2cccc(Cl)c2)CC[C@H](n2nc(-c3ccccc3)cc(C(=O)N3CCNCC3)c2=O)CC1. The van der Waals surface area contributed by atoms with Gasteiger partial charge in [-0.05, 0) is 49.4 Å². The molecule has 0 unspecified atom stereocenters. The van der Waals surface area contributed by atoms with E-state index in [2.05, 4.69) is 5.32 Å². The minimum absolute atomic E-state index is 0.128. The average Bonchev–Trinajstić information content (AvgIpc) is 2.90. The fraction of sp³-hybridized carbons (Fsp3) is 0.370. The van der Waals surface area contributed by atoms with Gasteiger partial charge in [-0.2, -0.15) is 5.10 Å². The van der Waals surface area contributed by atoms with Crippen molar-refractivity contribution < 1.29 is 4.79 Å². The Balaban J connectivity index is 1.48. The van der Waals surface area contributed by atoms with Gasteiger partial charge in [0.15, 0.2) is 0 Å². The molecule has 7 nitrogen and oxygen atoms in total. The number of carbonyl (C=O) groups excluding carboxylic acids is 1. The maximum Gasteiger partial charge on any atom is 0.279 e. The molecule has 3 aromatic rings. The van der Waals surface area contributed by atoms with Gasteiger partial charge in [0, 0.05) is 42.3 Å². The number of rotatable bonds is 4. The first kappa shape index (κ1) is 23.7. The fourth-order valence-corrected chi connectivity index (χ4v) is 5.34. The van der Waals surface area contributed by atoms with E-state index in [1.165, 1.54) is 4.68 Å². The predicted molar refractivity (Wildman–Crippen MR) is 138 cm³/mol. The summed E-state index contributed by atoms with van der Waals surface area (Å²) in [5, 5.41) is 8.66. The molecule has 1 amide bonds. The molecule has 1 aromatic heterocycles. The van der Waals surface area contributed by atoms with Crippen LogP contribution in [0.15, 0.2) is 65.5 Å². The molecular weight excluding hydrogens is 462 g/mol. The van der Waals surface area contributed by atoms with Crippen LogP contribution in [0.2, 0.25) is 5.02 Å². The zero-order valence-corrected chi connectivity index (χ0v) is 20.4. The number of halogens is 1. The van der Waals surface area contributed by atoms with E-state index in [0.717, 1.165) is 24.2 Å². The molecule has 0 radical (unpaired) electrons. The lowest BCUT2D eigenvalue weighted by atomic mass is 9.75. The van der Waals surface area contributed by atoms with Crippen LogP contribution < -0.4 is 16.6 Å². The van der Waals surface area contributed by atoms with E-state index in [4.69, 9.17) is 22.4 Å². The minimum atomic E-state index is -0.499. The van der Waals surface area contributed by atoms with Gasteiger partial charge in [0.25, 0.3) is 11.5 Å². The molecular formula is C27H30ClN5O2. The molecule has 1 saturated carbocycles. The van der Waals surface area contributed by atoms with Crippen molar-refractivity contribution >= 4 is 17.5 Å². The van der Waals surface area contributed by atoms with E-state index in [9.17, 15) is 9.59 Å². The van der Waals surface area contributed by atoms with Gasteiger partial charge < -0.3 is 16.0 Å². The summed E-state index contributed by atoms with van der Waals surface area (Å²) in [6.07, 6.45) is 2.77. The van der Waals surface area contributed by atoms with Gasteiger partial charge >= 0.3 is 0 Å². The third-order valence-electron chi connectivity index (χ3n) is 7.23. The molecule has 2 fully saturated rings. The van der Waals surface area contributed by atoms with Gasteiger partial charge in [-0.25, -0.2) is 4.68 Å². The Kier molecular flexibility index (Phi) is 6.73. The van der Waals surface area contributed by atoms with Crippen molar-refractivity contribution in [3.8, 4) is 11.3 Å². The maximum atomic E-state index is 13.6. The highest BCUT2D eigenvalue weighted by atomic mass is 35.5. The van der Waals surface area contributed by atoms with Crippen LogP contribution in [0.1, 0.15) is 47.6 Å². The molecule has 182 valence electrons. The second kappa shape index (κ2) is 9.93.